The third kappa shape index (κ3) is 3.26. The number of carboxylic acids is 1. The first-order chi connectivity index (χ1) is 11.5. The molecule has 1 aromatic heterocycles. The number of hydrogen-bond donors (Lipinski definition) is 1. The molecule has 0 amide bonds. The maximum Gasteiger partial charge on any atom is 0.352 e. The Morgan fingerprint density at radius 3 is 2.58 bits per heavy atom. The molecule has 5 nitrogen and oxygen atoms in total. The van der Waals surface area contributed by atoms with Gasteiger partial charge < -0.3 is 14.4 Å². The number of aryl methyl sites for hydroxylation is 1. The molecule has 0 bridgehead atoms. The molecule has 0 atom stereocenters. The quantitative estimate of drug-likeness (QED) is 0.881. The van der Waals surface area contributed by atoms with Gasteiger partial charge in [-0.25, -0.2) is 4.79 Å². The molecule has 24 heavy (non-hydrogen) atoms. The molecule has 1 fully saturated rings. The van der Waals surface area contributed by atoms with Gasteiger partial charge in [0, 0.05) is 19.0 Å². The monoisotopic (exact) mass is 330 g/mol. The summed E-state index contributed by atoms with van der Waals surface area (Å²) in [6.45, 7) is 8.19. The van der Waals surface area contributed by atoms with Crippen LogP contribution in [0.5, 0.6) is 5.75 Å². The molecular weight excluding hydrogens is 304 g/mol. The van der Waals surface area contributed by atoms with Crippen molar-refractivity contribution in [2.24, 2.45) is 7.05 Å². The van der Waals surface area contributed by atoms with Crippen LogP contribution in [0.15, 0.2) is 18.2 Å². The lowest BCUT2D eigenvalue weighted by atomic mass is 10.00. The number of carbonyl (C=O) groups is 1. The van der Waals surface area contributed by atoms with Gasteiger partial charge in [-0.2, -0.15) is 0 Å². The second-order valence-electron chi connectivity index (χ2n) is 6.90. The normalized spacial score (nSPS) is 15.5. The summed E-state index contributed by atoms with van der Waals surface area (Å²) < 4.78 is 7.74. The Morgan fingerprint density at radius 2 is 1.96 bits per heavy atom. The molecule has 1 aliphatic heterocycles. The van der Waals surface area contributed by atoms with Crippen LogP contribution in [0.2, 0.25) is 0 Å². The minimum absolute atomic E-state index is 0.296. The molecule has 1 N–H and O–H groups in total. The van der Waals surface area contributed by atoms with Crippen molar-refractivity contribution in [2.45, 2.75) is 32.6 Å². The van der Waals surface area contributed by atoms with Gasteiger partial charge in [-0.1, -0.05) is 13.8 Å². The third-order valence-corrected chi connectivity index (χ3v) is 4.85. The molecular formula is C19H26N2O3. The van der Waals surface area contributed by atoms with Gasteiger partial charge in [-0.3, -0.25) is 4.90 Å². The van der Waals surface area contributed by atoms with E-state index in [1.807, 2.05) is 13.1 Å². The highest BCUT2D eigenvalue weighted by molar-refractivity contribution is 5.96. The van der Waals surface area contributed by atoms with Crippen molar-refractivity contribution in [3.05, 3.63) is 29.5 Å². The first-order valence-electron chi connectivity index (χ1n) is 8.69. The molecule has 2 heterocycles. The lowest BCUT2D eigenvalue weighted by molar-refractivity contribution is 0.0687. The van der Waals surface area contributed by atoms with Crippen molar-refractivity contribution in [3.8, 4) is 5.75 Å². The van der Waals surface area contributed by atoms with E-state index in [9.17, 15) is 9.90 Å². The Hall–Kier alpha value is -2.01. The van der Waals surface area contributed by atoms with Crippen molar-refractivity contribution in [3.63, 3.8) is 0 Å². The van der Waals surface area contributed by atoms with Gasteiger partial charge in [0.25, 0.3) is 0 Å². The molecule has 5 heteroatoms. The van der Waals surface area contributed by atoms with Gasteiger partial charge in [0.1, 0.15) is 18.1 Å². The van der Waals surface area contributed by atoms with Crippen molar-refractivity contribution in [1.29, 1.82) is 0 Å². The number of aromatic carboxylic acids is 1. The van der Waals surface area contributed by atoms with Crippen LogP contribution in [0.3, 0.4) is 0 Å². The molecule has 0 unspecified atom stereocenters. The first kappa shape index (κ1) is 16.8. The Labute approximate surface area is 142 Å². The number of aromatic nitrogens is 1. The summed E-state index contributed by atoms with van der Waals surface area (Å²) in [5.41, 5.74) is 2.41. The predicted octanol–water partition coefficient (Wildman–Crippen LogP) is 3.47. The Balaban J connectivity index is 1.87. The van der Waals surface area contributed by atoms with E-state index < -0.39 is 5.97 Å². The summed E-state index contributed by atoms with van der Waals surface area (Å²) in [6.07, 6.45) is 2.57. The van der Waals surface area contributed by atoms with E-state index in [1.165, 1.54) is 25.9 Å². The van der Waals surface area contributed by atoms with Crippen LogP contribution in [0.25, 0.3) is 10.9 Å². The fraction of sp³-hybridized carbons (Fsp3) is 0.526. The van der Waals surface area contributed by atoms with E-state index in [0.717, 1.165) is 28.8 Å². The van der Waals surface area contributed by atoms with Gasteiger partial charge in [-0.05, 0) is 55.6 Å². The van der Waals surface area contributed by atoms with E-state index in [1.54, 1.807) is 10.6 Å². The zero-order valence-corrected chi connectivity index (χ0v) is 14.7. The Kier molecular flexibility index (Phi) is 4.81. The lowest BCUT2D eigenvalue weighted by Gasteiger charge is -2.17. The average molecular weight is 330 g/mol. The average Bonchev–Trinajstić information content (AvgIpc) is 3.15. The zero-order chi connectivity index (χ0) is 17.3. The van der Waals surface area contributed by atoms with Gasteiger partial charge in [0.2, 0.25) is 0 Å². The van der Waals surface area contributed by atoms with Gasteiger partial charge >= 0.3 is 5.97 Å². The topological polar surface area (TPSA) is 54.7 Å². The SMILES string of the molecule is CC(C)c1cc(OCCN2CCCC2)cc2cc(C(=O)O)n(C)c12. The van der Waals surface area contributed by atoms with E-state index in [2.05, 4.69) is 24.8 Å². The van der Waals surface area contributed by atoms with E-state index in [4.69, 9.17) is 4.74 Å². The third-order valence-electron chi connectivity index (χ3n) is 4.85. The first-order valence-corrected chi connectivity index (χ1v) is 8.69. The summed E-state index contributed by atoms with van der Waals surface area (Å²) in [6, 6.07) is 5.75. The largest absolute Gasteiger partial charge is 0.492 e. The molecule has 2 aromatic rings. The fourth-order valence-electron chi connectivity index (χ4n) is 3.54. The molecule has 130 valence electrons. The molecule has 0 saturated carbocycles. The van der Waals surface area contributed by atoms with E-state index in [-0.39, 0.29) is 0 Å². The van der Waals surface area contributed by atoms with Crippen LogP contribution < -0.4 is 4.74 Å². The standard InChI is InChI=1S/C19H26N2O3/c1-13(2)16-12-15(24-9-8-21-6-4-5-7-21)10-14-11-17(19(22)23)20(3)18(14)16/h10-13H,4-9H2,1-3H3,(H,22,23). The van der Waals surface area contributed by atoms with Crippen LogP contribution >= 0.6 is 0 Å². The lowest BCUT2D eigenvalue weighted by Crippen LogP contribution is -2.25. The van der Waals surface area contributed by atoms with E-state index in [0.29, 0.717) is 18.2 Å². The molecule has 1 aromatic carbocycles. The zero-order valence-electron chi connectivity index (χ0n) is 14.7. The minimum atomic E-state index is -0.903. The summed E-state index contributed by atoms with van der Waals surface area (Å²) in [4.78, 5) is 13.8. The smallest absolute Gasteiger partial charge is 0.352 e. The Bertz CT molecular complexity index is 743. The van der Waals surface area contributed by atoms with Gasteiger partial charge in [-0.15, -0.1) is 0 Å². The van der Waals surface area contributed by atoms with Crippen molar-refractivity contribution < 1.29 is 14.6 Å². The number of likely N-dealkylation sites (tertiary alicyclic amines) is 1. The van der Waals surface area contributed by atoms with Crippen LogP contribution in [0.4, 0.5) is 0 Å². The van der Waals surface area contributed by atoms with Crippen LogP contribution in [0, 0.1) is 0 Å². The maximum atomic E-state index is 11.4. The molecule has 0 aliphatic carbocycles. The summed E-state index contributed by atoms with van der Waals surface area (Å²) >= 11 is 0. The van der Waals surface area contributed by atoms with Crippen molar-refractivity contribution >= 4 is 16.9 Å². The van der Waals surface area contributed by atoms with E-state index >= 15 is 0 Å². The number of ether oxygens (including phenoxy) is 1. The highest BCUT2D eigenvalue weighted by Gasteiger charge is 2.18. The molecule has 0 radical (unpaired) electrons. The fourth-order valence-corrected chi connectivity index (χ4v) is 3.54. The number of hydrogen-bond acceptors (Lipinski definition) is 3. The number of carboxylic acid groups (broad SMARTS) is 1. The molecule has 1 saturated heterocycles. The Morgan fingerprint density at radius 1 is 1.25 bits per heavy atom. The minimum Gasteiger partial charge on any atom is -0.492 e. The van der Waals surface area contributed by atoms with Crippen LogP contribution in [-0.4, -0.2) is 46.8 Å². The van der Waals surface area contributed by atoms with Crippen molar-refractivity contribution in [2.75, 3.05) is 26.2 Å². The highest BCUT2D eigenvalue weighted by atomic mass is 16.5. The number of nitrogens with zero attached hydrogens (tertiary/aromatic N) is 2. The van der Waals surface area contributed by atoms with Crippen LogP contribution in [0.1, 0.15) is 48.7 Å². The van der Waals surface area contributed by atoms with Gasteiger partial charge in [0.05, 0.1) is 5.52 Å². The molecule has 1 aliphatic rings. The second-order valence-corrected chi connectivity index (χ2v) is 6.90. The summed E-state index contributed by atoms with van der Waals surface area (Å²) in [5, 5.41) is 10.3. The predicted molar refractivity (Wildman–Crippen MR) is 95.1 cm³/mol. The van der Waals surface area contributed by atoms with Gasteiger partial charge in [0.15, 0.2) is 0 Å². The molecule has 3 rings (SSSR count). The highest BCUT2D eigenvalue weighted by Crippen LogP contribution is 2.32. The maximum absolute atomic E-state index is 11.4. The second kappa shape index (κ2) is 6.85. The number of rotatable bonds is 6. The number of benzene rings is 1. The summed E-state index contributed by atoms with van der Waals surface area (Å²) in [7, 11) is 1.81. The summed E-state index contributed by atoms with van der Waals surface area (Å²) in [5.74, 6) is 0.220. The van der Waals surface area contributed by atoms with Crippen LogP contribution in [-0.2, 0) is 7.05 Å². The van der Waals surface area contributed by atoms with Crippen molar-refractivity contribution in [1.82, 2.24) is 9.47 Å². The molecule has 0 spiro atoms. The number of fused-ring (bicyclic) bond motifs is 1.